The van der Waals surface area contributed by atoms with Crippen LogP contribution in [0.25, 0.3) is 5.76 Å². The maximum absolute atomic E-state index is 13.4. The summed E-state index contributed by atoms with van der Waals surface area (Å²) >= 11 is 6.23. The minimum Gasteiger partial charge on any atom is -0.507 e. The van der Waals surface area contributed by atoms with Crippen LogP contribution in [0.15, 0.2) is 66.4 Å². The predicted molar refractivity (Wildman–Crippen MR) is 137 cm³/mol. The lowest BCUT2D eigenvalue weighted by Crippen LogP contribution is -2.29. The van der Waals surface area contributed by atoms with Crippen LogP contribution in [-0.2, 0) is 16.1 Å². The van der Waals surface area contributed by atoms with Crippen LogP contribution in [0.5, 0.6) is 11.5 Å². The average Bonchev–Trinajstić information content (AvgIpc) is 3.13. The third-order valence-electron chi connectivity index (χ3n) is 6.05. The van der Waals surface area contributed by atoms with E-state index in [-0.39, 0.29) is 40.0 Å². The Kier molecular flexibility index (Phi) is 7.17. The molecule has 1 atom stereocenters. The fourth-order valence-electron chi connectivity index (χ4n) is 4.20. The van der Waals surface area contributed by atoms with Crippen molar-refractivity contribution in [2.45, 2.75) is 12.6 Å². The van der Waals surface area contributed by atoms with Crippen LogP contribution >= 0.6 is 11.6 Å². The first-order valence-electron chi connectivity index (χ1n) is 11.1. The van der Waals surface area contributed by atoms with E-state index in [1.54, 1.807) is 18.3 Å². The van der Waals surface area contributed by atoms with Crippen LogP contribution in [0.4, 0.5) is 5.69 Å². The highest BCUT2D eigenvalue weighted by molar-refractivity contribution is 6.46. The van der Waals surface area contributed by atoms with Gasteiger partial charge < -0.3 is 24.4 Å². The Balaban J connectivity index is 1.92. The van der Waals surface area contributed by atoms with Crippen LogP contribution < -0.4 is 14.4 Å². The summed E-state index contributed by atoms with van der Waals surface area (Å²) in [4.78, 5) is 34.3. The van der Waals surface area contributed by atoms with E-state index in [9.17, 15) is 14.7 Å². The van der Waals surface area contributed by atoms with Crippen molar-refractivity contribution in [3.8, 4) is 11.5 Å². The van der Waals surface area contributed by atoms with Crippen LogP contribution in [0, 0.1) is 0 Å². The van der Waals surface area contributed by atoms with E-state index >= 15 is 0 Å². The molecule has 1 aliphatic rings. The molecule has 0 bridgehead atoms. The number of hydrogen-bond acceptors (Lipinski definition) is 7. The molecule has 0 aliphatic carbocycles. The van der Waals surface area contributed by atoms with Gasteiger partial charge in [0.25, 0.3) is 11.7 Å². The highest BCUT2D eigenvalue weighted by atomic mass is 35.5. The quantitative estimate of drug-likeness (QED) is 0.287. The number of benzene rings is 2. The Morgan fingerprint density at radius 1 is 1.06 bits per heavy atom. The number of methoxy groups -OCH3 is 2. The molecule has 9 heteroatoms. The number of halogens is 1. The average molecular weight is 508 g/mol. The zero-order valence-corrected chi connectivity index (χ0v) is 21.1. The zero-order chi connectivity index (χ0) is 26.0. The highest BCUT2D eigenvalue weighted by Gasteiger charge is 2.46. The molecule has 1 saturated heterocycles. The molecule has 0 radical (unpaired) electrons. The van der Waals surface area contributed by atoms with E-state index in [2.05, 4.69) is 4.98 Å². The SMILES string of the molecule is COc1cc(/C(O)=C2\C(=O)C(=O)N(Cc3ccccn3)C2c2ccc(N(C)C)cc2)c(OC)cc1Cl. The van der Waals surface area contributed by atoms with Gasteiger partial charge in [-0.1, -0.05) is 29.8 Å². The molecule has 1 fully saturated rings. The lowest BCUT2D eigenvalue weighted by atomic mass is 9.94. The second kappa shape index (κ2) is 10.3. The van der Waals surface area contributed by atoms with Gasteiger partial charge in [0.1, 0.15) is 17.3 Å². The number of aromatic nitrogens is 1. The number of pyridine rings is 1. The maximum Gasteiger partial charge on any atom is 0.296 e. The third kappa shape index (κ3) is 4.59. The monoisotopic (exact) mass is 507 g/mol. The molecular weight excluding hydrogens is 482 g/mol. The lowest BCUT2D eigenvalue weighted by molar-refractivity contribution is -0.140. The molecule has 1 N–H and O–H groups in total. The van der Waals surface area contributed by atoms with Crippen LogP contribution in [0.3, 0.4) is 0 Å². The lowest BCUT2D eigenvalue weighted by Gasteiger charge is -2.26. The number of carbonyl (C=O) groups excluding carboxylic acids is 2. The first kappa shape index (κ1) is 25.1. The minimum atomic E-state index is -0.852. The second-order valence-corrected chi connectivity index (χ2v) is 8.83. The van der Waals surface area contributed by atoms with E-state index in [1.165, 1.54) is 31.3 Å². The van der Waals surface area contributed by atoms with E-state index in [4.69, 9.17) is 21.1 Å². The molecule has 4 rings (SSSR count). The largest absolute Gasteiger partial charge is 0.507 e. The molecule has 2 aromatic carbocycles. The number of likely N-dealkylation sites (tertiary alicyclic amines) is 1. The van der Waals surface area contributed by atoms with Gasteiger partial charge in [-0.3, -0.25) is 14.6 Å². The fraction of sp³-hybridized carbons (Fsp3) is 0.222. The number of amides is 1. The fourth-order valence-corrected chi connectivity index (χ4v) is 4.43. The third-order valence-corrected chi connectivity index (χ3v) is 6.35. The summed E-state index contributed by atoms with van der Waals surface area (Å²) in [6.07, 6.45) is 1.62. The van der Waals surface area contributed by atoms with Gasteiger partial charge in [-0.05, 0) is 35.9 Å². The van der Waals surface area contributed by atoms with Crippen LogP contribution in [0.2, 0.25) is 5.02 Å². The van der Waals surface area contributed by atoms with E-state index < -0.39 is 17.7 Å². The number of hydrogen-bond donors (Lipinski definition) is 1. The van der Waals surface area contributed by atoms with Gasteiger partial charge in [-0.15, -0.1) is 0 Å². The van der Waals surface area contributed by atoms with E-state index in [0.717, 1.165) is 5.69 Å². The molecule has 8 nitrogen and oxygen atoms in total. The molecule has 186 valence electrons. The predicted octanol–water partition coefficient (Wildman–Crippen LogP) is 4.44. The number of aliphatic hydroxyl groups is 1. The summed E-state index contributed by atoms with van der Waals surface area (Å²) in [6.45, 7) is 0.0867. The molecule has 0 spiro atoms. The standard InChI is InChI=1S/C27H26ClN3O5/c1-30(2)18-10-8-16(9-11-18)24-23(25(32)19-13-22(36-4)20(28)14-21(19)35-3)26(33)27(34)31(24)15-17-7-5-6-12-29-17/h5-14,24,32H,15H2,1-4H3/b25-23+. The molecule has 36 heavy (non-hydrogen) atoms. The molecule has 1 aromatic heterocycles. The van der Waals surface area contributed by atoms with Gasteiger partial charge in [0, 0.05) is 32.0 Å². The van der Waals surface area contributed by atoms with Crippen molar-refractivity contribution in [2.75, 3.05) is 33.2 Å². The molecule has 3 aromatic rings. The van der Waals surface area contributed by atoms with Crippen molar-refractivity contribution in [1.82, 2.24) is 9.88 Å². The summed E-state index contributed by atoms with van der Waals surface area (Å²) < 4.78 is 10.7. The first-order valence-corrected chi connectivity index (χ1v) is 11.5. The molecule has 1 amide bonds. The molecule has 1 unspecified atom stereocenters. The number of ketones is 1. The second-order valence-electron chi connectivity index (χ2n) is 8.42. The number of aliphatic hydroxyl groups excluding tert-OH is 1. The number of anilines is 1. The normalized spacial score (nSPS) is 16.8. The number of Topliss-reactive ketones (excluding diaryl/α,β-unsaturated/α-hetero) is 1. The molecule has 1 aliphatic heterocycles. The summed E-state index contributed by atoms with van der Waals surface area (Å²) in [5.41, 5.74) is 2.35. The van der Waals surface area contributed by atoms with Gasteiger partial charge in [0.15, 0.2) is 0 Å². The highest BCUT2D eigenvalue weighted by Crippen LogP contribution is 2.43. The van der Waals surface area contributed by atoms with Gasteiger partial charge in [0.05, 0.1) is 48.7 Å². The molecule has 2 heterocycles. The van der Waals surface area contributed by atoms with Crippen molar-refractivity contribution in [3.05, 3.63) is 88.2 Å². The maximum atomic E-state index is 13.4. The Morgan fingerprint density at radius 3 is 2.33 bits per heavy atom. The van der Waals surface area contributed by atoms with E-state index in [0.29, 0.717) is 11.3 Å². The van der Waals surface area contributed by atoms with Crippen LogP contribution in [0.1, 0.15) is 22.9 Å². The smallest absolute Gasteiger partial charge is 0.296 e. The topological polar surface area (TPSA) is 92.2 Å². The summed E-state index contributed by atoms with van der Waals surface area (Å²) in [6, 6.07) is 14.9. The summed E-state index contributed by atoms with van der Waals surface area (Å²) in [5, 5.41) is 11.7. The van der Waals surface area contributed by atoms with Crippen LogP contribution in [-0.4, -0.2) is 55.0 Å². The van der Waals surface area contributed by atoms with Crippen molar-refractivity contribution < 1.29 is 24.2 Å². The number of ether oxygens (including phenoxy) is 2. The Labute approximate surface area is 214 Å². The minimum absolute atomic E-state index is 0.0591. The van der Waals surface area contributed by atoms with Crippen molar-refractivity contribution in [1.29, 1.82) is 0 Å². The Hall–Kier alpha value is -4.04. The van der Waals surface area contributed by atoms with Gasteiger partial charge in [-0.25, -0.2) is 0 Å². The Morgan fingerprint density at radius 2 is 1.75 bits per heavy atom. The number of carbonyl (C=O) groups is 2. The number of nitrogens with zero attached hydrogens (tertiary/aromatic N) is 3. The first-order chi connectivity index (χ1) is 17.3. The Bertz CT molecular complexity index is 1320. The summed E-state index contributed by atoms with van der Waals surface area (Å²) in [7, 11) is 6.70. The van der Waals surface area contributed by atoms with Gasteiger partial charge in [-0.2, -0.15) is 0 Å². The number of rotatable bonds is 7. The molecular formula is C27H26ClN3O5. The zero-order valence-electron chi connectivity index (χ0n) is 20.4. The van der Waals surface area contributed by atoms with E-state index in [1.807, 2.05) is 49.3 Å². The van der Waals surface area contributed by atoms with Gasteiger partial charge in [0.2, 0.25) is 0 Å². The van der Waals surface area contributed by atoms with Crippen molar-refractivity contribution in [2.24, 2.45) is 0 Å². The van der Waals surface area contributed by atoms with Crippen molar-refractivity contribution in [3.63, 3.8) is 0 Å². The molecule has 0 saturated carbocycles. The summed E-state index contributed by atoms with van der Waals surface area (Å²) in [5.74, 6) is -1.40. The van der Waals surface area contributed by atoms with Gasteiger partial charge >= 0.3 is 0 Å². The van der Waals surface area contributed by atoms with Crippen molar-refractivity contribution >= 4 is 34.7 Å².